The Morgan fingerprint density at radius 2 is 2.03 bits per heavy atom. The molecule has 1 unspecified atom stereocenters. The summed E-state index contributed by atoms with van der Waals surface area (Å²) in [7, 11) is 0. The van der Waals surface area contributed by atoms with Crippen LogP contribution in [0, 0.1) is 6.92 Å². The van der Waals surface area contributed by atoms with Gasteiger partial charge in [-0.1, -0.05) is 29.8 Å². The molecule has 0 bridgehead atoms. The van der Waals surface area contributed by atoms with E-state index < -0.39 is 11.5 Å². The van der Waals surface area contributed by atoms with Gasteiger partial charge >= 0.3 is 5.97 Å². The molecule has 0 spiro atoms. The highest BCUT2D eigenvalue weighted by Crippen LogP contribution is 2.32. The van der Waals surface area contributed by atoms with Gasteiger partial charge in [-0.3, -0.25) is 0 Å². The maximum absolute atomic E-state index is 12.4. The number of nitrogens with zero attached hydrogens (tertiary/aromatic N) is 6. The van der Waals surface area contributed by atoms with E-state index in [0.29, 0.717) is 33.8 Å². The number of hydrogen-bond acceptors (Lipinski definition) is 7. The number of nitrogen functional groups attached to an aromatic ring is 1. The van der Waals surface area contributed by atoms with Crippen LogP contribution in [-0.4, -0.2) is 40.4 Å². The van der Waals surface area contributed by atoms with Crippen LogP contribution < -0.4 is 5.73 Å². The summed E-state index contributed by atoms with van der Waals surface area (Å²) in [5.41, 5.74) is 6.83. The van der Waals surface area contributed by atoms with Crippen molar-refractivity contribution in [2.24, 2.45) is 0 Å². The molecular formula is C20H17N7O3. The van der Waals surface area contributed by atoms with Gasteiger partial charge in [0.2, 0.25) is 11.8 Å². The number of aryl methyl sites for hydroxylation is 1. The predicted molar refractivity (Wildman–Crippen MR) is 108 cm³/mol. The number of fused-ring (bicyclic) bond motifs is 3. The van der Waals surface area contributed by atoms with Gasteiger partial charge in [0, 0.05) is 0 Å². The lowest BCUT2D eigenvalue weighted by Gasteiger charge is -2.26. The number of nitrogens with two attached hydrogens (primary N) is 1. The zero-order chi connectivity index (χ0) is 21.0. The highest BCUT2D eigenvalue weighted by molar-refractivity contribution is 5.92. The van der Waals surface area contributed by atoms with E-state index in [1.807, 2.05) is 25.1 Å². The summed E-state index contributed by atoms with van der Waals surface area (Å²) in [5, 5.41) is 19.4. The number of furan rings is 1. The molecule has 0 saturated carbocycles. The van der Waals surface area contributed by atoms with Gasteiger partial charge < -0.3 is 15.3 Å². The fraction of sp³-hybridized carbons (Fsp3) is 0.150. The predicted octanol–water partition coefficient (Wildman–Crippen LogP) is 2.47. The van der Waals surface area contributed by atoms with Crippen molar-refractivity contribution in [3.05, 3.63) is 60.0 Å². The van der Waals surface area contributed by atoms with Crippen molar-refractivity contribution in [1.29, 1.82) is 0 Å². The number of benzene rings is 1. The summed E-state index contributed by atoms with van der Waals surface area (Å²) in [6, 6.07) is 10.7. The molecule has 3 N–H and O–H groups in total. The van der Waals surface area contributed by atoms with Crippen molar-refractivity contribution in [2.75, 3.05) is 5.73 Å². The SMILES string of the molecule is Cc1cccc(C(C)(C(=O)O)n2ncc3c2nc(N)n2nc(-c4ccco4)nc32)c1. The summed E-state index contributed by atoms with van der Waals surface area (Å²) < 4.78 is 8.11. The van der Waals surface area contributed by atoms with Crippen LogP contribution in [0.4, 0.5) is 5.95 Å². The molecule has 10 nitrogen and oxygen atoms in total. The third-order valence-corrected chi connectivity index (χ3v) is 5.19. The van der Waals surface area contributed by atoms with Gasteiger partial charge in [-0.2, -0.15) is 14.6 Å². The van der Waals surface area contributed by atoms with Crippen molar-refractivity contribution in [3.63, 3.8) is 0 Å². The Kier molecular flexibility index (Phi) is 3.66. The van der Waals surface area contributed by atoms with Gasteiger partial charge in [-0.05, 0) is 31.5 Å². The molecule has 0 fully saturated rings. The molecule has 0 aliphatic heterocycles. The van der Waals surface area contributed by atoms with E-state index in [0.717, 1.165) is 5.56 Å². The number of carboxylic acids is 1. The number of carbonyl (C=O) groups is 1. The average molecular weight is 403 g/mol. The van der Waals surface area contributed by atoms with Gasteiger partial charge in [-0.25, -0.2) is 14.5 Å². The molecule has 4 heterocycles. The zero-order valence-corrected chi connectivity index (χ0v) is 16.1. The van der Waals surface area contributed by atoms with Crippen molar-refractivity contribution >= 4 is 28.6 Å². The second-order valence-electron chi connectivity index (χ2n) is 7.16. The Bertz CT molecular complexity index is 1420. The molecule has 1 atom stereocenters. The molecule has 0 amide bonds. The lowest BCUT2D eigenvalue weighted by Crippen LogP contribution is -2.41. The Hall–Kier alpha value is -4.21. The van der Waals surface area contributed by atoms with Crippen molar-refractivity contribution in [2.45, 2.75) is 19.4 Å². The lowest BCUT2D eigenvalue weighted by atomic mass is 9.91. The van der Waals surface area contributed by atoms with E-state index in [9.17, 15) is 9.90 Å². The van der Waals surface area contributed by atoms with Gasteiger partial charge in [0.25, 0.3) is 0 Å². The molecule has 10 heteroatoms. The maximum atomic E-state index is 12.4. The lowest BCUT2D eigenvalue weighted by molar-refractivity contribution is -0.144. The van der Waals surface area contributed by atoms with Gasteiger partial charge in [0.15, 0.2) is 22.6 Å². The van der Waals surface area contributed by atoms with Crippen molar-refractivity contribution in [3.8, 4) is 11.6 Å². The largest absolute Gasteiger partial charge is 0.479 e. The first-order valence-electron chi connectivity index (χ1n) is 9.14. The number of rotatable bonds is 4. The second-order valence-corrected chi connectivity index (χ2v) is 7.16. The van der Waals surface area contributed by atoms with E-state index >= 15 is 0 Å². The summed E-state index contributed by atoms with van der Waals surface area (Å²) in [4.78, 5) is 21.3. The molecule has 0 saturated heterocycles. The van der Waals surface area contributed by atoms with Crippen LogP contribution in [0.25, 0.3) is 28.3 Å². The van der Waals surface area contributed by atoms with E-state index in [1.165, 1.54) is 21.7 Å². The van der Waals surface area contributed by atoms with Crippen LogP contribution in [0.5, 0.6) is 0 Å². The molecule has 0 radical (unpaired) electrons. The van der Waals surface area contributed by atoms with E-state index in [2.05, 4.69) is 20.2 Å². The first-order valence-corrected chi connectivity index (χ1v) is 9.14. The molecule has 5 aromatic rings. The number of carboxylic acid groups (broad SMARTS) is 1. The fourth-order valence-electron chi connectivity index (χ4n) is 3.53. The van der Waals surface area contributed by atoms with Crippen LogP contribution in [-0.2, 0) is 10.3 Å². The molecule has 0 aliphatic rings. The quantitative estimate of drug-likeness (QED) is 0.467. The van der Waals surface area contributed by atoms with Crippen LogP contribution in [0.15, 0.2) is 53.3 Å². The highest BCUT2D eigenvalue weighted by Gasteiger charge is 2.40. The molecule has 30 heavy (non-hydrogen) atoms. The number of aliphatic carboxylic acids is 1. The van der Waals surface area contributed by atoms with Gasteiger partial charge in [0.05, 0.1) is 17.8 Å². The highest BCUT2D eigenvalue weighted by atomic mass is 16.4. The summed E-state index contributed by atoms with van der Waals surface area (Å²) in [6.07, 6.45) is 3.05. The van der Waals surface area contributed by atoms with E-state index in [4.69, 9.17) is 10.2 Å². The smallest absolute Gasteiger partial charge is 0.336 e. The minimum absolute atomic E-state index is 0.0570. The number of hydrogen-bond donors (Lipinski definition) is 2. The Labute approximate surface area is 169 Å². The summed E-state index contributed by atoms with van der Waals surface area (Å²) in [6.45, 7) is 3.48. The molecule has 1 aromatic carbocycles. The molecular weight excluding hydrogens is 386 g/mol. The van der Waals surface area contributed by atoms with Gasteiger partial charge in [0.1, 0.15) is 0 Å². The molecule has 150 valence electrons. The monoisotopic (exact) mass is 403 g/mol. The molecule has 0 aliphatic carbocycles. The molecule has 5 rings (SSSR count). The standard InChI is InChI=1S/C20H17N7O3/c1-11-5-3-6-12(9-11)20(2,18(28)29)27-17-13(10-22-27)16-23-15(14-7-4-8-30-14)25-26(16)19(21)24-17/h3-10H,1-2H3,(H2,21,24)(H,28,29). The van der Waals surface area contributed by atoms with Crippen molar-refractivity contribution < 1.29 is 14.3 Å². The van der Waals surface area contributed by atoms with Crippen LogP contribution in [0.1, 0.15) is 18.1 Å². The van der Waals surface area contributed by atoms with Crippen LogP contribution in [0.3, 0.4) is 0 Å². The van der Waals surface area contributed by atoms with Crippen LogP contribution in [0.2, 0.25) is 0 Å². The fourth-order valence-corrected chi connectivity index (χ4v) is 3.53. The molecule has 4 aromatic heterocycles. The minimum Gasteiger partial charge on any atom is -0.479 e. The van der Waals surface area contributed by atoms with E-state index in [1.54, 1.807) is 25.1 Å². The third-order valence-electron chi connectivity index (χ3n) is 5.19. The first kappa shape index (κ1) is 17.9. The Morgan fingerprint density at radius 1 is 1.20 bits per heavy atom. The summed E-state index contributed by atoms with van der Waals surface area (Å²) >= 11 is 0. The maximum Gasteiger partial charge on any atom is 0.336 e. The first-order chi connectivity index (χ1) is 14.4. The van der Waals surface area contributed by atoms with Crippen molar-refractivity contribution in [1.82, 2.24) is 29.4 Å². The average Bonchev–Trinajstić information content (AvgIpc) is 3.45. The van der Waals surface area contributed by atoms with Crippen LogP contribution >= 0.6 is 0 Å². The topological polar surface area (TPSA) is 137 Å². The number of aromatic nitrogens is 6. The minimum atomic E-state index is -1.50. The normalized spacial score (nSPS) is 13.7. The van der Waals surface area contributed by atoms with E-state index in [-0.39, 0.29) is 5.95 Å². The van der Waals surface area contributed by atoms with Gasteiger partial charge in [-0.15, -0.1) is 5.10 Å². The Balaban J connectivity index is 1.79. The Morgan fingerprint density at radius 3 is 2.73 bits per heavy atom. The second kappa shape index (κ2) is 6.14. The zero-order valence-electron chi connectivity index (χ0n) is 16.1. The number of anilines is 1. The summed E-state index contributed by atoms with van der Waals surface area (Å²) in [5.74, 6) is -0.195. The third kappa shape index (κ3) is 2.40.